The molecule has 8 rings (SSSR count). The first kappa shape index (κ1) is 43.8. The lowest BCUT2D eigenvalue weighted by atomic mass is 9.87. The number of piperidine rings is 2. The molecule has 334 valence electrons. The van der Waals surface area contributed by atoms with Crippen molar-refractivity contribution in [3.05, 3.63) is 85.7 Å². The van der Waals surface area contributed by atoms with Crippen LogP contribution in [0.4, 0.5) is 21.0 Å². The Morgan fingerprint density at radius 3 is 2.29 bits per heavy atom. The number of hydrogen-bond donors (Lipinski definition) is 4. The maximum Gasteiger partial charge on any atom is 0.321 e. The van der Waals surface area contributed by atoms with E-state index in [1.165, 1.54) is 9.58 Å². The number of aryl methyl sites for hydroxylation is 1. The van der Waals surface area contributed by atoms with Crippen LogP contribution in [0.5, 0.6) is 0 Å². The van der Waals surface area contributed by atoms with E-state index in [4.69, 9.17) is 0 Å². The fourth-order valence-corrected chi connectivity index (χ4v) is 9.62. The fraction of sp³-hybridized carbons (Fsp3) is 0.488. The van der Waals surface area contributed by atoms with Crippen molar-refractivity contribution in [1.29, 1.82) is 0 Å². The molecule has 8 amide bonds. The minimum Gasteiger partial charge on any atom is -0.379 e. The topological polar surface area (TPSA) is 205 Å². The number of carbonyl (C=O) groups excluding carboxylic acids is 6. The van der Waals surface area contributed by atoms with Crippen molar-refractivity contribution in [1.82, 2.24) is 49.8 Å². The summed E-state index contributed by atoms with van der Waals surface area (Å²) in [6, 6.07) is 11.9. The Kier molecular flexibility index (Phi) is 13.1. The molecule has 4 fully saturated rings. The smallest absolute Gasteiger partial charge is 0.321 e. The van der Waals surface area contributed by atoms with Gasteiger partial charge in [-0.2, -0.15) is 5.10 Å². The number of aromatic nitrogens is 2. The van der Waals surface area contributed by atoms with E-state index in [-0.39, 0.29) is 66.7 Å². The predicted molar refractivity (Wildman–Crippen MR) is 236 cm³/mol. The van der Waals surface area contributed by atoms with Crippen LogP contribution < -0.4 is 26.8 Å². The standard InChI is InChI=1S/C43H53BrN12O7/c1-50-24-29(21-32(26-50)47-34-23-46-51(2)41(61)37(34)44)27-3-5-28(6-4-27)38(58)45-11-12-52-13-15-54(16-14-52)43(63)55-19-17-53(18-20-55)42(62)48-31-7-8-33-30(22-31)25-56(40(33)60)35-9-10-36(57)49-39(35)59/h3-8,22-23,29,32,35,47H,9-21,24-26H2,1-2H3,(H,45,58)(H,48,62)(H,49,57,59). The third kappa shape index (κ3) is 9.87. The SMILES string of the molecule is CN1CC(Nc2cnn(C)c(=O)c2Br)CC(c2ccc(C(=O)NCCN3CCN(C(=O)N4CCN(C(=O)Nc5ccc6c(c5)CN(C5CCC(=O)NC5=O)C6=O)CC4)CC3)cc2)C1. The van der Waals surface area contributed by atoms with Crippen LogP contribution in [-0.4, -0.2) is 173 Å². The zero-order valence-electron chi connectivity index (χ0n) is 35.5. The van der Waals surface area contributed by atoms with Gasteiger partial charge in [0.05, 0.1) is 11.9 Å². The summed E-state index contributed by atoms with van der Waals surface area (Å²) in [5.41, 5.74) is 3.93. The second-order valence-corrected chi connectivity index (χ2v) is 17.8. The Hall–Kier alpha value is -5.86. The lowest BCUT2D eigenvalue weighted by Gasteiger charge is -2.40. The van der Waals surface area contributed by atoms with Crippen molar-refractivity contribution in [2.24, 2.45) is 7.05 Å². The van der Waals surface area contributed by atoms with Crippen LogP contribution in [0.15, 0.2) is 57.9 Å². The summed E-state index contributed by atoms with van der Waals surface area (Å²) < 4.78 is 1.76. The van der Waals surface area contributed by atoms with Crippen molar-refractivity contribution in [3.8, 4) is 0 Å². The number of fused-ring (bicyclic) bond motifs is 1. The number of imide groups is 1. The van der Waals surface area contributed by atoms with Crippen molar-refractivity contribution < 1.29 is 28.8 Å². The molecule has 1 aromatic heterocycles. The molecule has 3 atom stereocenters. The highest BCUT2D eigenvalue weighted by atomic mass is 79.9. The molecule has 2 aromatic carbocycles. The van der Waals surface area contributed by atoms with Gasteiger partial charge in [0.25, 0.3) is 17.4 Å². The molecule has 20 heteroatoms. The second-order valence-electron chi connectivity index (χ2n) is 17.0. The van der Waals surface area contributed by atoms with Gasteiger partial charge in [0.2, 0.25) is 11.8 Å². The largest absolute Gasteiger partial charge is 0.379 e. The first-order chi connectivity index (χ1) is 30.3. The molecule has 6 heterocycles. The lowest BCUT2D eigenvalue weighted by molar-refractivity contribution is -0.136. The normalized spacial score (nSPS) is 22.1. The summed E-state index contributed by atoms with van der Waals surface area (Å²) >= 11 is 3.41. The van der Waals surface area contributed by atoms with Crippen LogP contribution in [0.25, 0.3) is 0 Å². The Morgan fingerprint density at radius 2 is 1.57 bits per heavy atom. The van der Waals surface area contributed by atoms with Gasteiger partial charge in [-0.25, -0.2) is 14.3 Å². The van der Waals surface area contributed by atoms with E-state index in [0.717, 1.165) is 25.1 Å². The van der Waals surface area contributed by atoms with E-state index >= 15 is 0 Å². The van der Waals surface area contributed by atoms with Gasteiger partial charge in [-0.15, -0.1) is 0 Å². The molecular formula is C43H53BrN12O7. The quantitative estimate of drug-likeness (QED) is 0.227. The van der Waals surface area contributed by atoms with Gasteiger partial charge in [-0.05, 0) is 83.2 Å². The van der Waals surface area contributed by atoms with E-state index < -0.39 is 11.9 Å². The van der Waals surface area contributed by atoms with Crippen LogP contribution in [0.3, 0.4) is 0 Å². The lowest BCUT2D eigenvalue weighted by Crippen LogP contribution is -2.58. The number of nitrogens with zero attached hydrogens (tertiary/aromatic N) is 8. The van der Waals surface area contributed by atoms with Crippen molar-refractivity contribution in [2.45, 2.75) is 43.8 Å². The molecule has 5 aliphatic heterocycles. The molecule has 0 aliphatic carbocycles. The summed E-state index contributed by atoms with van der Waals surface area (Å²) in [5.74, 6) is -0.970. The van der Waals surface area contributed by atoms with Crippen LogP contribution in [-0.2, 0) is 23.2 Å². The highest BCUT2D eigenvalue weighted by Gasteiger charge is 2.39. The fourth-order valence-electron chi connectivity index (χ4n) is 9.15. The molecule has 3 aromatic rings. The van der Waals surface area contributed by atoms with Gasteiger partial charge in [0.1, 0.15) is 10.5 Å². The maximum absolute atomic E-state index is 13.4. The molecule has 5 aliphatic rings. The van der Waals surface area contributed by atoms with Crippen molar-refractivity contribution in [2.75, 3.05) is 96.2 Å². The van der Waals surface area contributed by atoms with Gasteiger partial charge in [0.15, 0.2) is 0 Å². The number of carbonyl (C=O) groups is 6. The molecule has 4 N–H and O–H groups in total. The third-order valence-electron chi connectivity index (χ3n) is 12.7. The maximum atomic E-state index is 13.4. The number of halogens is 1. The van der Waals surface area contributed by atoms with Crippen LogP contribution in [0.2, 0.25) is 0 Å². The second kappa shape index (κ2) is 18.9. The number of piperazine rings is 2. The van der Waals surface area contributed by atoms with Gasteiger partial charge in [-0.1, -0.05) is 12.1 Å². The molecule has 3 unspecified atom stereocenters. The van der Waals surface area contributed by atoms with Gasteiger partial charge in [-0.3, -0.25) is 34.2 Å². The van der Waals surface area contributed by atoms with E-state index in [0.29, 0.717) is 98.0 Å². The Balaban J connectivity index is 0.728. The number of likely N-dealkylation sites (tertiary alicyclic amines) is 1. The third-order valence-corrected chi connectivity index (χ3v) is 13.5. The average Bonchev–Trinajstić information content (AvgIpc) is 3.60. The summed E-state index contributed by atoms with van der Waals surface area (Å²) in [4.78, 5) is 100. The van der Waals surface area contributed by atoms with Crippen LogP contribution in [0, 0.1) is 0 Å². The molecule has 4 saturated heterocycles. The first-order valence-corrected chi connectivity index (χ1v) is 22.3. The number of rotatable bonds is 9. The van der Waals surface area contributed by atoms with E-state index in [1.807, 2.05) is 29.2 Å². The predicted octanol–water partition coefficient (Wildman–Crippen LogP) is 1.52. The Bertz CT molecular complexity index is 2330. The van der Waals surface area contributed by atoms with Gasteiger partial charge in [0, 0.05) is 121 Å². The van der Waals surface area contributed by atoms with Gasteiger partial charge < -0.3 is 40.4 Å². The average molecular weight is 930 g/mol. The zero-order valence-corrected chi connectivity index (χ0v) is 37.1. The number of anilines is 2. The molecule has 0 radical (unpaired) electrons. The minimum atomic E-state index is -0.711. The number of likely N-dealkylation sites (N-methyl/N-ethyl adjacent to an activating group) is 1. The summed E-state index contributed by atoms with van der Waals surface area (Å²) in [6.07, 6.45) is 2.98. The van der Waals surface area contributed by atoms with Crippen molar-refractivity contribution in [3.63, 3.8) is 0 Å². The summed E-state index contributed by atoms with van der Waals surface area (Å²) in [7, 11) is 3.70. The minimum absolute atomic E-state index is 0.0457. The molecule has 19 nitrogen and oxygen atoms in total. The Labute approximate surface area is 373 Å². The zero-order chi connectivity index (χ0) is 44.4. The van der Waals surface area contributed by atoms with E-state index in [1.54, 1.807) is 41.2 Å². The van der Waals surface area contributed by atoms with Crippen LogP contribution in [0.1, 0.15) is 57.0 Å². The highest BCUT2D eigenvalue weighted by Crippen LogP contribution is 2.31. The van der Waals surface area contributed by atoms with Crippen LogP contribution >= 0.6 is 15.9 Å². The van der Waals surface area contributed by atoms with E-state index in [9.17, 15) is 33.6 Å². The van der Waals surface area contributed by atoms with Crippen molar-refractivity contribution >= 4 is 63.0 Å². The Morgan fingerprint density at radius 1 is 0.873 bits per heavy atom. The summed E-state index contributed by atoms with van der Waals surface area (Å²) in [5, 5.41) is 15.9. The molecule has 0 spiro atoms. The molecule has 0 bridgehead atoms. The number of nitrogens with one attached hydrogen (secondary N) is 4. The van der Waals surface area contributed by atoms with E-state index in [2.05, 4.69) is 59.1 Å². The first-order valence-electron chi connectivity index (χ1n) is 21.5. The number of benzene rings is 2. The van der Waals surface area contributed by atoms with Gasteiger partial charge >= 0.3 is 12.1 Å². The monoisotopic (exact) mass is 928 g/mol. The highest BCUT2D eigenvalue weighted by molar-refractivity contribution is 9.10. The number of urea groups is 2. The molecular weight excluding hydrogens is 876 g/mol. The number of hydrogen-bond acceptors (Lipinski definition) is 11. The summed E-state index contributed by atoms with van der Waals surface area (Å²) in [6.45, 7) is 7.15. The molecule has 0 saturated carbocycles. The number of amides is 8. The molecule has 63 heavy (non-hydrogen) atoms.